The Morgan fingerprint density at radius 1 is 0.978 bits per heavy atom. The lowest BCUT2D eigenvalue weighted by Gasteiger charge is -2.17. The summed E-state index contributed by atoms with van der Waals surface area (Å²) in [7, 11) is 0. The van der Waals surface area contributed by atoms with Gasteiger partial charge >= 0.3 is 36.0 Å². The van der Waals surface area contributed by atoms with Gasteiger partial charge in [0.05, 0.1) is 17.9 Å². The van der Waals surface area contributed by atoms with Crippen molar-refractivity contribution >= 4 is 53.0 Å². The number of carboxylic acid groups (broad SMARTS) is 5. The third-order valence-corrected chi connectivity index (χ3v) is 5.42. The summed E-state index contributed by atoms with van der Waals surface area (Å²) in [4.78, 5) is 63.2. The van der Waals surface area contributed by atoms with E-state index in [1.54, 1.807) is 6.92 Å². The van der Waals surface area contributed by atoms with Crippen LogP contribution in [-0.4, -0.2) is 85.6 Å². The van der Waals surface area contributed by atoms with Gasteiger partial charge in [-0.1, -0.05) is 36.7 Å². The zero-order chi connectivity index (χ0) is 34.9. The number of alkyl halides is 4. The van der Waals surface area contributed by atoms with Gasteiger partial charge in [-0.05, 0) is 36.4 Å². The highest BCUT2D eigenvalue weighted by Crippen LogP contribution is 2.29. The second-order valence-corrected chi connectivity index (χ2v) is 9.05. The molecule has 1 fully saturated rings. The molecule has 0 bridgehead atoms. The van der Waals surface area contributed by atoms with Gasteiger partial charge in [0.15, 0.2) is 0 Å². The fourth-order valence-corrected chi connectivity index (χ4v) is 2.92. The van der Waals surface area contributed by atoms with Gasteiger partial charge in [0.25, 0.3) is 5.63 Å². The van der Waals surface area contributed by atoms with Crippen LogP contribution in [0, 0.1) is 5.92 Å². The molecule has 1 saturated heterocycles. The predicted molar refractivity (Wildman–Crippen MR) is 150 cm³/mol. The van der Waals surface area contributed by atoms with Crippen LogP contribution < -0.4 is 15.4 Å². The Balaban J connectivity index is 0.000000619. The van der Waals surface area contributed by atoms with Crippen molar-refractivity contribution in [1.82, 2.24) is 0 Å². The highest BCUT2D eigenvalue weighted by atomic mass is 35.5. The first kappa shape index (κ1) is 40.1. The van der Waals surface area contributed by atoms with Crippen molar-refractivity contribution in [3.63, 3.8) is 0 Å². The van der Waals surface area contributed by atoms with Gasteiger partial charge in [0.2, 0.25) is 5.91 Å². The molecule has 18 heteroatoms. The molecule has 3 unspecified atom stereocenters. The number of carbonyl (C=O) groups excluding carboxylic acids is 1. The lowest BCUT2D eigenvalue weighted by atomic mass is 10.1. The molecule has 0 aliphatic carbocycles. The van der Waals surface area contributed by atoms with E-state index >= 15 is 0 Å². The third kappa shape index (κ3) is 15.9. The lowest BCUT2D eigenvalue weighted by molar-refractivity contribution is -0.199. The molecule has 1 heterocycles. The van der Waals surface area contributed by atoms with Crippen LogP contribution in [-0.2, 0) is 24.0 Å². The molecule has 1 amide bonds. The first-order valence-corrected chi connectivity index (χ1v) is 12.9. The van der Waals surface area contributed by atoms with Crippen molar-refractivity contribution in [2.75, 3.05) is 11.4 Å². The Morgan fingerprint density at radius 2 is 1.49 bits per heavy atom. The number of carbonyl (C=O) groups is 6. The van der Waals surface area contributed by atoms with Gasteiger partial charge in [0.1, 0.15) is 11.8 Å². The zero-order valence-electron chi connectivity index (χ0n) is 23.4. The Kier molecular flexibility index (Phi) is 17.3. The molecule has 2 aromatic rings. The average Bonchev–Trinajstić information content (AvgIpc) is 3.36. The van der Waals surface area contributed by atoms with Crippen molar-refractivity contribution < 1.29 is 72.2 Å². The number of para-hydroxylation sites is 1. The molecule has 0 saturated carbocycles. The maximum absolute atomic E-state index is 12.6. The molecular weight excluding hydrogens is 637 g/mol. The summed E-state index contributed by atoms with van der Waals surface area (Å²) in [6.07, 6.45) is -4.37. The van der Waals surface area contributed by atoms with E-state index in [0.717, 1.165) is 30.0 Å². The summed E-state index contributed by atoms with van der Waals surface area (Å²) >= 11 is 4.57. The number of amides is 1. The largest absolute Gasteiger partial charge is 0.481 e. The molecule has 1 aliphatic heterocycles. The van der Waals surface area contributed by atoms with Gasteiger partial charge < -0.3 is 40.9 Å². The second-order valence-electron chi connectivity index (χ2n) is 8.66. The van der Waals surface area contributed by atoms with Crippen molar-refractivity contribution in [2.24, 2.45) is 11.7 Å². The first-order chi connectivity index (χ1) is 20.8. The van der Waals surface area contributed by atoms with Crippen LogP contribution in [0.5, 0.6) is 5.75 Å². The van der Waals surface area contributed by atoms with Gasteiger partial charge in [-0.15, -0.1) is 0 Å². The molecule has 0 radical (unpaired) electrons. The summed E-state index contributed by atoms with van der Waals surface area (Å²) in [5.41, 5.74) is 2.53. The number of hydrogen-bond donors (Lipinski definition) is 6. The van der Waals surface area contributed by atoms with E-state index in [1.165, 1.54) is 4.90 Å². The molecule has 7 N–H and O–H groups in total. The van der Waals surface area contributed by atoms with Crippen molar-refractivity contribution in [3.05, 3.63) is 60.2 Å². The minimum absolute atomic E-state index is 0.0988. The molecule has 14 nitrogen and oxygen atoms in total. The smallest absolute Gasteiger partial charge is 0.444 e. The number of halogens is 4. The van der Waals surface area contributed by atoms with Crippen LogP contribution in [0.4, 0.5) is 18.9 Å². The molecule has 3 rings (SSSR count). The summed E-state index contributed by atoms with van der Waals surface area (Å²) < 4.78 is 41.4. The number of ether oxygens (including phenoxy) is 1. The quantitative estimate of drug-likeness (QED) is 0.200. The van der Waals surface area contributed by atoms with Gasteiger partial charge in [-0.2, -0.15) is 8.78 Å². The Morgan fingerprint density at radius 3 is 1.82 bits per heavy atom. The molecule has 45 heavy (non-hydrogen) atoms. The SMILES string of the molecule is CCC(=O)O.NC(CC(=O)O)C(=O)O.O=C(O)C1CC(=O)N(c2ccccc2)C1.O=C(O)c1ccc(OC(F)(F)C(F)Cl)cc1. The first-order valence-electron chi connectivity index (χ1n) is 12.5. The standard InChI is InChI=1S/C11H11NO3.C9H6ClF3O3.C4H7NO4.C3H6O2/c13-10-6-8(11(14)15)7-12(10)9-4-2-1-3-5-9;10-8(11)9(12,13)16-6-3-1-5(2-4-6)7(14)15;5-2(4(8)9)1-3(6)7;1-2-3(4)5/h1-5,8H,6-7H2,(H,14,15);1-4,8H,(H,14,15);2H,1,5H2,(H,6,7)(H,8,9);2H2,1H3,(H,4,5). The summed E-state index contributed by atoms with van der Waals surface area (Å²) in [6.45, 7) is 1.88. The van der Waals surface area contributed by atoms with Crippen LogP contribution in [0.15, 0.2) is 54.6 Å². The van der Waals surface area contributed by atoms with E-state index in [4.69, 9.17) is 31.3 Å². The second kappa shape index (κ2) is 19.4. The maximum atomic E-state index is 12.6. The van der Waals surface area contributed by atoms with E-state index in [9.17, 15) is 41.9 Å². The van der Waals surface area contributed by atoms with Gasteiger partial charge in [-0.25, -0.2) is 9.18 Å². The van der Waals surface area contributed by atoms with Crippen LogP contribution in [0.1, 0.15) is 36.5 Å². The van der Waals surface area contributed by atoms with Gasteiger partial charge in [-0.3, -0.25) is 24.0 Å². The number of aromatic carboxylic acids is 1. The molecule has 0 aromatic heterocycles. The monoisotopic (exact) mass is 666 g/mol. The highest BCUT2D eigenvalue weighted by Gasteiger charge is 2.42. The normalized spacial score (nSPS) is 14.9. The molecule has 3 atom stereocenters. The lowest BCUT2D eigenvalue weighted by Crippen LogP contribution is -2.32. The topological polar surface area (TPSA) is 242 Å². The molecule has 0 spiro atoms. The number of aliphatic carboxylic acids is 4. The Bertz CT molecular complexity index is 1300. The minimum atomic E-state index is -4.16. The van der Waals surface area contributed by atoms with Crippen molar-refractivity contribution in [2.45, 2.75) is 44.0 Å². The van der Waals surface area contributed by atoms with Crippen molar-refractivity contribution in [1.29, 1.82) is 0 Å². The fourth-order valence-electron chi connectivity index (χ4n) is 2.87. The van der Waals surface area contributed by atoms with Crippen LogP contribution >= 0.6 is 11.6 Å². The summed E-state index contributed by atoms with van der Waals surface area (Å²) in [6, 6.07) is 11.9. The molecule has 2 aromatic carbocycles. The molecule has 1 aliphatic rings. The number of carboxylic acids is 5. The number of anilines is 1. The van der Waals surface area contributed by atoms with E-state index in [-0.39, 0.29) is 36.6 Å². The number of rotatable bonds is 10. The van der Waals surface area contributed by atoms with E-state index in [2.05, 4.69) is 16.3 Å². The van der Waals surface area contributed by atoms with E-state index < -0.39 is 60.0 Å². The Hall–Kier alpha value is -4.90. The molecular formula is C27H30ClF3N2O12. The minimum Gasteiger partial charge on any atom is -0.481 e. The maximum Gasteiger partial charge on any atom is 0.444 e. The summed E-state index contributed by atoms with van der Waals surface area (Å²) in [5, 5.41) is 41.1. The Labute approximate surface area is 258 Å². The van der Waals surface area contributed by atoms with Crippen LogP contribution in [0.3, 0.4) is 0 Å². The van der Waals surface area contributed by atoms with E-state index in [0.29, 0.717) is 0 Å². The number of benzene rings is 2. The predicted octanol–water partition coefficient (Wildman–Crippen LogP) is 3.37. The number of nitrogens with zero attached hydrogens (tertiary/aromatic N) is 1. The highest BCUT2D eigenvalue weighted by molar-refractivity contribution is 6.20. The third-order valence-electron chi connectivity index (χ3n) is 5.17. The van der Waals surface area contributed by atoms with E-state index in [1.807, 2.05) is 30.3 Å². The average molecular weight is 667 g/mol. The van der Waals surface area contributed by atoms with Gasteiger partial charge in [0, 0.05) is 25.1 Å². The number of hydrogen-bond acceptors (Lipinski definition) is 8. The van der Waals surface area contributed by atoms with Crippen LogP contribution in [0.2, 0.25) is 0 Å². The zero-order valence-corrected chi connectivity index (χ0v) is 24.1. The summed E-state index contributed by atoms with van der Waals surface area (Å²) in [5.74, 6) is -6.42. The number of nitrogens with two attached hydrogens (primary N) is 1. The van der Waals surface area contributed by atoms with Crippen LogP contribution in [0.25, 0.3) is 0 Å². The molecule has 248 valence electrons. The van der Waals surface area contributed by atoms with Crippen molar-refractivity contribution in [3.8, 4) is 5.75 Å². The fraction of sp³-hybridized carbons (Fsp3) is 0.333.